The highest BCUT2D eigenvalue weighted by Crippen LogP contribution is 2.41. The quantitative estimate of drug-likeness (QED) is 0.355. The van der Waals surface area contributed by atoms with E-state index in [2.05, 4.69) is 37.1 Å². The second-order valence-electron chi connectivity index (χ2n) is 9.11. The van der Waals surface area contributed by atoms with Crippen LogP contribution in [0.4, 0.5) is 11.4 Å². The molecule has 4 rings (SSSR count). The molecule has 33 heavy (non-hydrogen) atoms. The summed E-state index contributed by atoms with van der Waals surface area (Å²) in [5.41, 5.74) is 6.16. The van der Waals surface area contributed by atoms with Crippen molar-refractivity contribution in [2.45, 2.75) is 40.2 Å². The number of nitrogens with zero attached hydrogens (tertiary/aromatic N) is 2. The van der Waals surface area contributed by atoms with Crippen LogP contribution in [0.2, 0.25) is 5.02 Å². The number of anilines is 2. The first-order chi connectivity index (χ1) is 15.4. The lowest BCUT2D eigenvalue weighted by Crippen LogP contribution is -2.54. The van der Waals surface area contributed by atoms with Crippen LogP contribution in [0.15, 0.2) is 42.0 Å². The Kier molecular flexibility index (Phi) is 5.71. The second-order valence-corrected chi connectivity index (χ2v) is 9.90. The lowest BCUT2D eigenvalue weighted by molar-refractivity contribution is -0.122. The molecule has 5 nitrogen and oxygen atoms in total. The number of carbonyl (C=O) groups excluding carboxylic acids is 2. The minimum Gasteiger partial charge on any atom is -0.365 e. The number of allylic oxidation sites excluding steroid dienone is 1. The SMILES string of the molecule is CC1=CC(C)(C)N(C)c2cc(Cl)c(/C=C3\C(=O)NC(=S)N(c4cccc(C)c4C)C3=O)cc21. The van der Waals surface area contributed by atoms with Crippen LogP contribution in [0, 0.1) is 13.8 Å². The molecule has 170 valence electrons. The number of fused-ring (bicyclic) bond motifs is 1. The van der Waals surface area contributed by atoms with E-state index in [-0.39, 0.29) is 16.2 Å². The number of nitrogens with one attached hydrogen (secondary N) is 1. The van der Waals surface area contributed by atoms with Crippen molar-refractivity contribution in [1.82, 2.24) is 5.32 Å². The molecule has 0 atom stereocenters. The van der Waals surface area contributed by atoms with Gasteiger partial charge in [0.05, 0.1) is 11.2 Å². The van der Waals surface area contributed by atoms with E-state index in [1.165, 1.54) is 4.90 Å². The van der Waals surface area contributed by atoms with Crippen molar-refractivity contribution in [2.24, 2.45) is 0 Å². The van der Waals surface area contributed by atoms with Gasteiger partial charge in [0, 0.05) is 23.3 Å². The highest BCUT2D eigenvalue weighted by atomic mass is 35.5. The summed E-state index contributed by atoms with van der Waals surface area (Å²) >= 11 is 12.0. The van der Waals surface area contributed by atoms with E-state index in [9.17, 15) is 9.59 Å². The fourth-order valence-electron chi connectivity index (χ4n) is 4.31. The first-order valence-electron chi connectivity index (χ1n) is 10.7. The van der Waals surface area contributed by atoms with Gasteiger partial charge in [-0.05, 0) is 93.4 Å². The summed E-state index contributed by atoms with van der Waals surface area (Å²) in [5, 5.41) is 3.18. The number of thiocarbonyl (C=S) groups is 1. The predicted molar refractivity (Wildman–Crippen MR) is 140 cm³/mol. The van der Waals surface area contributed by atoms with Gasteiger partial charge in [0.2, 0.25) is 0 Å². The molecule has 1 saturated heterocycles. The maximum absolute atomic E-state index is 13.5. The largest absolute Gasteiger partial charge is 0.365 e. The third-order valence-corrected chi connectivity index (χ3v) is 7.17. The van der Waals surface area contributed by atoms with Gasteiger partial charge in [0.15, 0.2) is 5.11 Å². The summed E-state index contributed by atoms with van der Waals surface area (Å²) in [6.45, 7) is 10.2. The zero-order valence-electron chi connectivity index (χ0n) is 19.5. The number of halogens is 1. The molecule has 0 bridgehead atoms. The Morgan fingerprint density at radius 2 is 1.79 bits per heavy atom. The van der Waals surface area contributed by atoms with Crippen LogP contribution in [-0.4, -0.2) is 29.5 Å². The zero-order valence-corrected chi connectivity index (χ0v) is 21.1. The van der Waals surface area contributed by atoms with Gasteiger partial charge < -0.3 is 4.90 Å². The molecule has 2 aromatic rings. The minimum atomic E-state index is -0.536. The maximum Gasteiger partial charge on any atom is 0.270 e. The van der Waals surface area contributed by atoms with Crippen LogP contribution in [0.1, 0.15) is 43.0 Å². The highest BCUT2D eigenvalue weighted by Gasteiger charge is 2.36. The smallest absolute Gasteiger partial charge is 0.270 e. The number of rotatable bonds is 2. The average Bonchev–Trinajstić information content (AvgIpc) is 2.72. The Bertz CT molecular complexity index is 1290. The molecule has 0 radical (unpaired) electrons. The number of hydrogen-bond acceptors (Lipinski definition) is 4. The molecule has 7 heteroatoms. The van der Waals surface area contributed by atoms with Gasteiger partial charge in [-0.25, -0.2) is 0 Å². The summed E-state index contributed by atoms with van der Waals surface area (Å²) in [6.07, 6.45) is 3.74. The van der Waals surface area contributed by atoms with Gasteiger partial charge in [-0.3, -0.25) is 19.8 Å². The van der Waals surface area contributed by atoms with Crippen molar-refractivity contribution >= 4 is 63.8 Å². The van der Waals surface area contributed by atoms with Crippen LogP contribution in [0.3, 0.4) is 0 Å². The topological polar surface area (TPSA) is 52.7 Å². The second kappa shape index (κ2) is 8.12. The first kappa shape index (κ1) is 23.2. The van der Waals surface area contributed by atoms with Crippen LogP contribution in [0.5, 0.6) is 0 Å². The monoisotopic (exact) mass is 479 g/mol. The Morgan fingerprint density at radius 3 is 2.48 bits per heavy atom. The molecule has 0 aliphatic carbocycles. The molecular weight excluding hydrogens is 454 g/mol. The molecule has 0 spiro atoms. The molecule has 2 heterocycles. The summed E-state index contributed by atoms with van der Waals surface area (Å²) in [5.74, 6) is -1.01. The highest BCUT2D eigenvalue weighted by molar-refractivity contribution is 7.80. The predicted octanol–water partition coefficient (Wildman–Crippen LogP) is 5.42. The molecule has 2 amide bonds. The summed E-state index contributed by atoms with van der Waals surface area (Å²) in [7, 11) is 2.03. The lowest BCUT2D eigenvalue weighted by Gasteiger charge is -2.41. The normalized spacial score (nSPS) is 18.9. The summed E-state index contributed by atoms with van der Waals surface area (Å²) in [4.78, 5) is 29.8. The molecule has 2 aliphatic heterocycles. The number of likely N-dealkylation sites (N-methyl/N-ethyl adjacent to an activating group) is 1. The average molecular weight is 480 g/mol. The van der Waals surface area contributed by atoms with Gasteiger partial charge >= 0.3 is 0 Å². The summed E-state index contributed by atoms with van der Waals surface area (Å²) < 4.78 is 0. The van der Waals surface area contributed by atoms with Crippen LogP contribution in [0.25, 0.3) is 11.6 Å². The fourth-order valence-corrected chi connectivity index (χ4v) is 4.79. The van der Waals surface area contributed by atoms with E-state index in [1.54, 1.807) is 6.08 Å². The molecule has 1 N–H and O–H groups in total. The van der Waals surface area contributed by atoms with Gasteiger partial charge in [0.1, 0.15) is 5.57 Å². The Labute approximate surface area is 204 Å². The van der Waals surface area contributed by atoms with Crippen molar-refractivity contribution in [1.29, 1.82) is 0 Å². The van der Waals surface area contributed by atoms with Gasteiger partial charge in [-0.2, -0.15) is 0 Å². The fraction of sp³-hybridized carbons (Fsp3) is 0.269. The van der Waals surface area contributed by atoms with Crippen LogP contribution < -0.4 is 15.1 Å². The van der Waals surface area contributed by atoms with Crippen LogP contribution >= 0.6 is 23.8 Å². The van der Waals surface area contributed by atoms with Crippen molar-refractivity contribution in [3.8, 4) is 0 Å². The third-order valence-electron chi connectivity index (χ3n) is 6.55. The standard InChI is InChI=1S/C26H26ClN3O2S/c1-14-8-7-9-21(16(14)3)30-24(32)19(23(31)28-25(30)33)11-17-10-18-15(2)13-26(4,5)29(6)22(18)12-20(17)27/h7-13H,1-6H3,(H,28,31,33)/b19-11+. The Balaban J connectivity index is 1.81. The van der Waals surface area contributed by atoms with E-state index in [1.807, 2.05) is 51.2 Å². The minimum absolute atomic E-state index is 0.0162. The van der Waals surface area contributed by atoms with Gasteiger partial charge in [-0.15, -0.1) is 0 Å². The van der Waals surface area contributed by atoms with E-state index < -0.39 is 11.8 Å². The zero-order chi connectivity index (χ0) is 24.2. The molecule has 2 aromatic carbocycles. The third kappa shape index (κ3) is 3.87. The molecule has 0 aromatic heterocycles. The van der Waals surface area contributed by atoms with E-state index in [0.29, 0.717) is 16.3 Å². The van der Waals surface area contributed by atoms with E-state index in [0.717, 1.165) is 28.0 Å². The number of amides is 2. The van der Waals surface area contributed by atoms with Crippen LogP contribution in [-0.2, 0) is 9.59 Å². The number of aryl methyl sites for hydroxylation is 1. The lowest BCUT2D eigenvalue weighted by atomic mass is 9.88. The van der Waals surface area contributed by atoms with Crippen molar-refractivity contribution in [3.63, 3.8) is 0 Å². The Hall–Kier alpha value is -2.96. The van der Waals surface area contributed by atoms with E-state index >= 15 is 0 Å². The molecule has 2 aliphatic rings. The molecule has 0 saturated carbocycles. The Morgan fingerprint density at radius 1 is 1.09 bits per heavy atom. The van der Waals surface area contributed by atoms with E-state index in [4.69, 9.17) is 23.8 Å². The number of hydrogen-bond donors (Lipinski definition) is 1. The first-order valence-corrected chi connectivity index (χ1v) is 11.5. The van der Waals surface area contributed by atoms with Crippen molar-refractivity contribution in [3.05, 3.63) is 69.3 Å². The van der Waals surface area contributed by atoms with Crippen molar-refractivity contribution < 1.29 is 9.59 Å². The number of benzene rings is 2. The van der Waals surface area contributed by atoms with Gasteiger partial charge in [-0.1, -0.05) is 29.8 Å². The maximum atomic E-state index is 13.5. The molecule has 1 fully saturated rings. The number of carbonyl (C=O) groups is 2. The van der Waals surface area contributed by atoms with Crippen molar-refractivity contribution in [2.75, 3.05) is 16.8 Å². The molecule has 0 unspecified atom stereocenters. The molecular formula is C26H26ClN3O2S. The summed E-state index contributed by atoms with van der Waals surface area (Å²) in [6, 6.07) is 9.46. The van der Waals surface area contributed by atoms with Gasteiger partial charge in [0.25, 0.3) is 11.8 Å².